The molecule has 0 radical (unpaired) electrons. The fraction of sp³-hybridized carbons (Fsp3) is 0.348. The number of H-pyrrole nitrogens is 1. The average molecular weight is 432 g/mol. The molecule has 2 unspecified atom stereocenters. The molecule has 0 aliphatic heterocycles. The predicted octanol–water partition coefficient (Wildman–Crippen LogP) is 4.66. The van der Waals surface area contributed by atoms with E-state index in [0.717, 1.165) is 0 Å². The summed E-state index contributed by atoms with van der Waals surface area (Å²) in [5.74, 6) is 0.398. The molecule has 1 aliphatic carbocycles. The van der Waals surface area contributed by atoms with Gasteiger partial charge in [0.25, 0.3) is 0 Å². The highest BCUT2D eigenvalue weighted by Gasteiger charge is 2.63. The summed E-state index contributed by atoms with van der Waals surface area (Å²) in [5.41, 5.74) is -2.39. The van der Waals surface area contributed by atoms with E-state index < -0.39 is 29.7 Å². The second kappa shape index (κ2) is 7.02. The van der Waals surface area contributed by atoms with Gasteiger partial charge in [-0.2, -0.15) is 13.2 Å². The van der Waals surface area contributed by atoms with Crippen LogP contribution in [0, 0.1) is 0 Å². The molecule has 0 bridgehead atoms. The number of nitrogens with one attached hydrogen (secondary N) is 2. The monoisotopic (exact) mass is 432 g/mol. The van der Waals surface area contributed by atoms with E-state index in [0.29, 0.717) is 33.5 Å². The molecule has 0 saturated heterocycles. The van der Waals surface area contributed by atoms with Gasteiger partial charge in [0.2, 0.25) is 5.56 Å². The Morgan fingerprint density at radius 2 is 1.90 bits per heavy atom. The summed E-state index contributed by atoms with van der Waals surface area (Å²) in [5, 5.41) is 14.6. The smallest absolute Gasteiger partial charge is 0.419 e. The van der Waals surface area contributed by atoms with Crippen molar-refractivity contribution in [1.82, 2.24) is 4.98 Å². The largest absolute Gasteiger partial charge is 0.497 e. The number of aromatic amines is 1. The molecule has 5 nitrogen and oxygen atoms in total. The van der Waals surface area contributed by atoms with Crippen LogP contribution in [-0.2, 0) is 5.41 Å². The van der Waals surface area contributed by atoms with Crippen molar-refractivity contribution in [2.45, 2.75) is 43.5 Å². The van der Waals surface area contributed by atoms with Crippen LogP contribution in [0.5, 0.6) is 5.75 Å². The van der Waals surface area contributed by atoms with Crippen LogP contribution in [0.2, 0.25) is 0 Å². The van der Waals surface area contributed by atoms with Crippen LogP contribution in [-0.4, -0.2) is 29.0 Å². The summed E-state index contributed by atoms with van der Waals surface area (Å²) >= 11 is 0. The molecule has 3 aromatic rings. The van der Waals surface area contributed by atoms with Gasteiger partial charge in [0.1, 0.15) is 5.75 Å². The second-order valence-electron chi connectivity index (χ2n) is 8.60. The van der Waals surface area contributed by atoms with Crippen molar-refractivity contribution in [3.8, 4) is 5.75 Å². The van der Waals surface area contributed by atoms with Crippen LogP contribution in [0.4, 0.5) is 18.9 Å². The van der Waals surface area contributed by atoms with Crippen LogP contribution in [0.25, 0.3) is 10.9 Å². The Labute approximate surface area is 176 Å². The van der Waals surface area contributed by atoms with E-state index in [1.165, 1.54) is 19.2 Å². The Hall–Kier alpha value is -3.00. The minimum atomic E-state index is -4.89. The molecule has 1 aliphatic rings. The third kappa shape index (κ3) is 3.44. The number of ether oxygens (including phenoxy) is 1. The molecule has 2 atom stereocenters. The predicted molar refractivity (Wildman–Crippen MR) is 113 cm³/mol. The Morgan fingerprint density at radius 3 is 2.58 bits per heavy atom. The topological polar surface area (TPSA) is 74.3 Å². The number of aromatic nitrogens is 1. The van der Waals surface area contributed by atoms with Crippen molar-refractivity contribution < 1.29 is 23.0 Å². The number of alkyl halides is 3. The molecule has 31 heavy (non-hydrogen) atoms. The lowest BCUT2D eigenvalue weighted by molar-refractivity contribution is -0.275. The molecule has 4 rings (SSSR count). The lowest BCUT2D eigenvalue weighted by Gasteiger charge is -2.49. The molecule has 3 N–H and O–H groups in total. The van der Waals surface area contributed by atoms with Gasteiger partial charge in [-0.3, -0.25) is 4.79 Å². The average Bonchev–Trinajstić information content (AvgIpc) is 2.69. The minimum Gasteiger partial charge on any atom is -0.497 e. The Balaban J connectivity index is 1.94. The van der Waals surface area contributed by atoms with Gasteiger partial charge in [0.15, 0.2) is 5.60 Å². The number of halogens is 3. The van der Waals surface area contributed by atoms with Crippen molar-refractivity contribution in [2.75, 3.05) is 12.4 Å². The van der Waals surface area contributed by atoms with Gasteiger partial charge in [0.05, 0.1) is 18.7 Å². The van der Waals surface area contributed by atoms with Crippen molar-refractivity contribution in [1.29, 1.82) is 0 Å². The van der Waals surface area contributed by atoms with E-state index in [4.69, 9.17) is 4.74 Å². The van der Waals surface area contributed by atoms with Crippen molar-refractivity contribution in [2.24, 2.45) is 0 Å². The highest BCUT2D eigenvalue weighted by Crippen LogP contribution is 2.55. The summed E-state index contributed by atoms with van der Waals surface area (Å²) in [6.45, 7) is 3.38. The van der Waals surface area contributed by atoms with Gasteiger partial charge in [-0.05, 0) is 53.3 Å². The van der Waals surface area contributed by atoms with Crippen molar-refractivity contribution in [3.05, 3.63) is 70.0 Å². The molecule has 8 heteroatoms. The highest BCUT2D eigenvalue weighted by molar-refractivity contribution is 5.91. The second-order valence-corrected chi connectivity index (χ2v) is 8.60. The van der Waals surface area contributed by atoms with Crippen LogP contribution in [0.15, 0.2) is 53.3 Å². The zero-order valence-corrected chi connectivity index (χ0v) is 17.3. The molecular formula is C23H23F3N2O3. The SMILES string of the molecule is COc1ccc2c(c1)C(Nc1cccc3[nH]c(=O)ccc13)C(O)(C(F)(F)F)CC2(C)C. The van der Waals surface area contributed by atoms with Crippen LogP contribution >= 0.6 is 0 Å². The summed E-state index contributed by atoms with van der Waals surface area (Å²) in [6.07, 6.45) is -5.40. The van der Waals surface area contributed by atoms with Crippen LogP contribution in [0.3, 0.4) is 0 Å². The number of fused-ring (bicyclic) bond motifs is 2. The number of pyridine rings is 1. The van der Waals surface area contributed by atoms with Gasteiger partial charge in [-0.1, -0.05) is 26.0 Å². The molecule has 0 saturated carbocycles. The first-order valence-corrected chi connectivity index (χ1v) is 9.82. The Bertz CT molecular complexity index is 1200. The third-order valence-corrected chi connectivity index (χ3v) is 6.04. The zero-order chi connectivity index (χ0) is 22.6. The van der Waals surface area contributed by atoms with Crippen LogP contribution in [0.1, 0.15) is 37.4 Å². The van der Waals surface area contributed by atoms with Gasteiger partial charge in [-0.15, -0.1) is 0 Å². The van der Waals surface area contributed by atoms with E-state index in [-0.39, 0.29) is 5.56 Å². The summed E-state index contributed by atoms with van der Waals surface area (Å²) < 4.78 is 48.1. The molecule has 0 spiro atoms. The van der Waals surface area contributed by atoms with Gasteiger partial charge in [-0.25, -0.2) is 0 Å². The Morgan fingerprint density at radius 1 is 1.16 bits per heavy atom. The first-order chi connectivity index (χ1) is 14.5. The number of aliphatic hydroxyl groups is 1. The summed E-state index contributed by atoms with van der Waals surface area (Å²) in [6, 6.07) is 11.3. The quantitative estimate of drug-likeness (QED) is 0.563. The fourth-order valence-electron chi connectivity index (χ4n) is 4.58. The number of benzene rings is 2. The summed E-state index contributed by atoms with van der Waals surface area (Å²) in [7, 11) is 1.44. The highest BCUT2D eigenvalue weighted by atomic mass is 19.4. The molecule has 0 amide bonds. The van der Waals surface area contributed by atoms with E-state index in [1.807, 2.05) is 0 Å². The lowest BCUT2D eigenvalue weighted by atomic mass is 9.63. The van der Waals surface area contributed by atoms with E-state index in [9.17, 15) is 23.1 Å². The maximum absolute atomic E-state index is 14.3. The number of methoxy groups -OCH3 is 1. The van der Waals surface area contributed by atoms with Gasteiger partial charge < -0.3 is 20.1 Å². The number of hydrogen-bond acceptors (Lipinski definition) is 4. The molecule has 1 aromatic heterocycles. The first kappa shape index (κ1) is 21.2. The van der Waals surface area contributed by atoms with Gasteiger partial charge in [0, 0.05) is 17.1 Å². The van der Waals surface area contributed by atoms with Crippen molar-refractivity contribution >= 4 is 16.6 Å². The minimum absolute atomic E-state index is 0.314. The molecular weight excluding hydrogens is 409 g/mol. The van der Waals surface area contributed by atoms with E-state index in [1.54, 1.807) is 50.2 Å². The van der Waals surface area contributed by atoms with Gasteiger partial charge >= 0.3 is 6.18 Å². The van der Waals surface area contributed by atoms with Crippen molar-refractivity contribution in [3.63, 3.8) is 0 Å². The standard InChI is InChI=1S/C23H23F3N2O3/c1-21(2)12-22(30,23(24,25)26)20(15-11-13(31-3)7-9-16(15)21)28-18-6-4-5-17-14(18)8-10-19(29)27-17/h4-11,20,28,30H,12H2,1-3H3,(H,27,29). The normalized spacial score (nSPS) is 22.7. The molecule has 164 valence electrons. The fourth-order valence-corrected chi connectivity index (χ4v) is 4.58. The number of anilines is 1. The van der Waals surface area contributed by atoms with E-state index in [2.05, 4.69) is 10.3 Å². The maximum Gasteiger partial charge on any atom is 0.419 e. The first-order valence-electron chi connectivity index (χ1n) is 9.82. The summed E-state index contributed by atoms with van der Waals surface area (Å²) in [4.78, 5) is 14.3. The third-order valence-electron chi connectivity index (χ3n) is 6.04. The zero-order valence-electron chi connectivity index (χ0n) is 17.3. The maximum atomic E-state index is 14.3. The Kier molecular flexibility index (Phi) is 4.81. The molecule has 1 heterocycles. The van der Waals surface area contributed by atoms with Crippen LogP contribution < -0.4 is 15.6 Å². The molecule has 0 fully saturated rings. The number of rotatable bonds is 3. The lowest BCUT2D eigenvalue weighted by Crippen LogP contribution is -2.58. The number of hydrogen-bond donors (Lipinski definition) is 3. The molecule has 2 aromatic carbocycles. The van der Waals surface area contributed by atoms with E-state index >= 15 is 0 Å².